The number of hydrogen-bond donors (Lipinski definition) is 1. The van der Waals surface area contributed by atoms with Crippen molar-refractivity contribution in [3.8, 4) is 5.75 Å². The van der Waals surface area contributed by atoms with Crippen LogP contribution in [0.25, 0.3) is 0 Å². The number of rotatable bonds is 5. The van der Waals surface area contributed by atoms with Gasteiger partial charge in [0.25, 0.3) is 0 Å². The van der Waals surface area contributed by atoms with Crippen molar-refractivity contribution in [3.63, 3.8) is 0 Å². The van der Waals surface area contributed by atoms with Crippen LogP contribution in [-0.4, -0.2) is 72.7 Å². The van der Waals surface area contributed by atoms with Gasteiger partial charge < -0.3 is 10.1 Å². The van der Waals surface area contributed by atoms with Crippen molar-refractivity contribution < 1.29 is 30.0 Å². The first kappa shape index (κ1) is 19.6. The summed E-state index contributed by atoms with van der Waals surface area (Å²) in [5.74, 6) is -0.366. The molecule has 2 heterocycles. The van der Waals surface area contributed by atoms with Crippen LogP contribution in [0.3, 0.4) is 0 Å². The third-order valence-electron chi connectivity index (χ3n) is 4.77. The van der Waals surface area contributed by atoms with Gasteiger partial charge in [0.2, 0.25) is 0 Å². The maximum Gasteiger partial charge on any atom is 0.183 e. The van der Waals surface area contributed by atoms with Gasteiger partial charge in [0.1, 0.15) is 5.75 Å². The van der Waals surface area contributed by atoms with Crippen LogP contribution in [0.4, 0.5) is 0 Å². The van der Waals surface area contributed by atoms with Gasteiger partial charge in [-0.05, 0) is 30.7 Å². The summed E-state index contributed by atoms with van der Waals surface area (Å²) in [6, 6.07) is 4.52. The number of nitrogens with one attached hydrogen (secondary N) is 1. The minimum Gasteiger partial charge on any atom is -0.497 e. The third kappa shape index (κ3) is 4.05. The zero-order valence-electron chi connectivity index (χ0n) is 14.2. The molecule has 8 nitrogen and oxygen atoms in total. The van der Waals surface area contributed by atoms with Gasteiger partial charge in [-0.25, -0.2) is 25.3 Å². The Morgan fingerprint density at radius 1 is 1.00 bits per heavy atom. The van der Waals surface area contributed by atoms with E-state index < -0.39 is 52.6 Å². The summed E-state index contributed by atoms with van der Waals surface area (Å²) in [5, 5.41) is 1.83. The highest BCUT2D eigenvalue weighted by molar-refractivity contribution is 7.96. The quantitative estimate of drug-likeness (QED) is 0.667. The van der Waals surface area contributed by atoms with Crippen LogP contribution in [-0.2, 0) is 29.5 Å². The second-order valence-electron chi connectivity index (χ2n) is 6.71. The first-order chi connectivity index (χ1) is 12.0. The monoisotopic (exact) mass is 423 g/mol. The van der Waals surface area contributed by atoms with E-state index in [1.807, 2.05) is 0 Å². The van der Waals surface area contributed by atoms with Gasteiger partial charge in [-0.15, -0.1) is 0 Å². The molecule has 3 rings (SSSR count). The fourth-order valence-electron chi connectivity index (χ4n) is 3.45. The molecule has 1 unspecified atom stereocenters. The van der Waals surface area contributed by atoms with Crippen LogP contribution in [0, 0.1) is 0 Å². The summed E-state index contributed by atoms with van der Waals surface area (Å²) in [6.45, 7) is 0. The van der Waals surface area contributed by atoms with E-state index in [1.165, 1.54) is 31.4 Å². The maximum atomic E-state index is 13.0. The van der Waals surface area contributed by atoms with Gasteiger partial charge in [-0.3, -0.25) is 0 Å². The van der Waals surface area contributed by atoms with Gasteiger partial charge >= 0.3 is 0 Å². The lowest BCUT2D eigenvalue weighted by Gasteiger charge is -2.23. The van der Waals surface area contributed by atoms with Gasteiger partial charge in [-0.2, -0.15) is 0 Å². The van der Waals surface area contributed by atoms with Crippen molar-refractivity contribution in [2.24, 2.45) is 0 Å². The molecule has 146 valence electrons. The van der Waals surface area contributed by atoms with E-state index in [-0.39, 0.29) is 22.2 Å². The van der Waals surface area contributed by atoms with Crippen LogP contribution in [0.1, 0.15) is 6.42 Å². The van der Waals surface area contributed by atoms with Crippen molar-refractivity contribution in [1.29, 1.82) is 0 Å². The van der Waals surface area contributed by atoms with Crippen molar-refractivity contribution in [2.75, 3.05) is 30.1 Å². The molecule has 11 heteroatoms. The van der Waals surface area contributed by atoms with Crippen LogP contribution in [0.15, 0.2) is 29.2 Å². The Morgan fingerprint density at radius 2 is 1.65 bits per heavy atom. The molecule has 0 aliphatic carbocycles. The molecule has 0 radical (unpaired) electrons. The smallest absolute Gasteiger partial charge is 0.183 e. The van der Waals surface area contributed by atoms with E-state index in [9.17, 15) is 25.3 Å². The predicted molar refractivity (Wildman–Crippen MR) is 96.6 cm³/mol. The summed E-state index contributed by atoms with van der Waals surface area (Å²) >= 11 is 0. The van der Waals surface area contributed by atoms with Crippen molar-refractivity contribution in [3.05, 3.63) is 24.3 Å². The molecular weight excluding hydrogens is 402 g/mol. The van der Waals surface area contributed by atoms with Crippen LogP contribution < -0.4 is 10.1 Å². The van der Waals surface area contributed by atoms with Crippen molar-refractivity contribution in [2.45, 2.75) is 28.6 Å². The van der Waals surface area contributed by atoms with Gasteiger partial charge in [0, 0.05) is 12.1 Å². The molecule has 0 aromatic heterocycles. The van der Waals surface area contributed by atoms with E-state index in [1.54, 1.807) is 0 Å². The second-order valence-corrected chi connectivity index (χ2v) is 13.3. The average molecular weight is 424 g/mol. The summed E-state index contributed by atoms with van der Waals surface area (Å²) < 4.78 is 78.4. The zero-order chi connectivity index (χ0) is 19.2. The molecule has 2 aliphatic heterocycles. The Bertz CT molecular complexity index is 982. The Kier molecular flexibility index (Phi) is 5.10. The predicted octanol–water partition coefficient (Wildman–Crippen LogP) is -0.589. The van der Waals surface area contributed by atoms with E-state index in [0.29, 0.717) is 12.2 Å². The lowest BCUT2D eigenvalue weighted by atomic mass is 10.2. The molecule has 0 saturated carbocycles. The van der Waals surface area contributed by atoms with Crippen LogP contribution in [0.5, 0.6) is 5.75 Å². The van der Waals surface area contributed by atoms with E-state index in [2.05, 4.69) is 5.32 Å². The molecule has 0 bridgehead atoms. The van der Waals surface area contributed by atoms with E-state index >= 15 is 0 Å². The van der Waals surface area contributed by atoms with Crippen LogP contribution >= 0.6 is 0 Å². The Hall–Kier alpha value is -1.17. The molecule has 26 heavy (non-hydrogen) atoms. The SMILES string of the molecule is COc1ccc(S(=O)(=O)[C@H]2CS(=O)(=O)C[C@@H]2NC2CCS(=O)(=O)C2)cc1. The molecule has 2 saturated heterocycles. The Labute approximate surface area is 153 Å². The number of ether oxygens (including phenoxy) is 1. The number of methoxy groups -OCH3 is 1. The molecule has 3 atom stereocenters. The molecule has 1 N–H and O–H groups in total. The maximum absolute atomic E-state index is 13.0. The fourth-order valence-corrected chi connectivity index (χ4v) is 9.81. The fraction of sp³-hybridized carbons (Fsp3) is 0.600. The summed E-state index contributed by atoms with van der Waals surface area (Å²) in [5.41, 5.74) is 0. The van der Waals surface area contributed by atoms with Gasteiger partial charge in [-0.1, -0.05) is 0 Å². The molecule has 2 fully saturated rings. The Morgan fingerprint density at radius 3 is 2.19 bits per heavy atom. The number of hydrogen-bond acceptors (Lipinski definition) is 8. The second kappa shape index (κ2) is 6.77. The normalized spacial score (nSPS) is 30.3. The van der Waals surface area contributed by atoms with Gasteiger partial charge in [0.05, 0.1) is 40.3 Å². The first-order valence-corrected chi connectivity index (χ1v) is 13.3. The topological polar surface area (TPSA) is 124 Å². The highest BCUT2D eigenvalue weighted by atomic mass is 32.2. The van der Waals surface area contributed by atoms with Crippen molar-refractivity contribution >= 4 is 29.5 Å². The average Bonchev–Trinajstić information content (AvgIpc) is 3.06. The van der Waals surface area contributed by atoms with E-state index in [4.69, 9.17) is 4.74 Å². The third-order valence-corrected chi connectivity index (χ3v) is 10.7. The molecule has 1 aromatic rings. The zero-order valence-corrected chi connectivity index (χ0v) is 16.6. The van der Waals surface area contributed by atoms with Crippen LogP contribution in [0.2, 0.25) is 0 Å². The lowest BCUT2D eigenvalue weighted by molar-refractivity contribution is 0.414. The Balaban J connectivity index is 1.87. The standard InChI is InChI=1S/C15H21NO7S3/c1-23-12-2-4-13(5-3-12)26(21,22)15-10-25(19,20)9-14(15)16-11-6-7-24(17,18)8-11/h2-5,11,14-16H,6-10H2,1H3/t11?,14-,15-/m0/s1. The highest BCUT2D eigenvalue weighted by Gasteiger charge is 2.47. The highest BCUT2D eigenvalue weighted by Crippen LogP contribution is 2.28. The van der Waals surface area contributed by atoms with Gasteiger partial charge in [0.15, 0.2) is 29.5 Å². The van der Waals surface area contributed by atoms with E-state index in [0.717, 1.165) is 0 Å². The number of benzene rings is 1. The minimum absolute atomic E-state index is 0.0197. The minimum atomic E-state index is -3.90. The number of sulfone groups is 3. The summed E-state index contributed by atoms with van der Waals surface area (Å²) in [4.78, 5) is 0.0197. The lowest BCUT2D eigenvalue weighted by Crippen LogP contribution is -2.48. The molecule has 2 aliphatic rings. The molecule has 1 aromatic carbocycles. The largest absolute Gasteiger partial charge is 0.497 e. The van der Waals surface area contributed by atoms with Crippen molar-refractivity contribution in [1.82, 2.24) is 5.32 Å². The molecule has 0 amide bonds. The first-order valence-electron chi connectivity index (χ1n) is 8.07. The summed E-state index contributed by atoms with van der Waals surface area (Å²) in [7, 11) is -9.13. The molecular formula is C15H21NO7S3. The summed E-state index contributed by atoms with van der Waals surface area (Å²) in [6.07, 6.45) is 0.355. The molecule has 0 spiro atoms.